The van der Waals surface area contributed by atoms with Gasteiger partial charge in [-0.05, 0) is 25.0 Å². The normalized spacial score (nSPS) is 11.3. The highest BCUT2D eigenvalue weighted by molar-refractivity contribution is 7.09. The van der Waals surface area contributed by atoms with Crippen LogP contribution in [0.3, 0.4) is 0 Å². The summed E-state index contributed by atoms with van der Waals surface area (Å²) in [6, 6.07) is 5.81. The van der Waals surface area contributed by atoms with Gasteiger partial charge in [-0.1, -0.05) is 18.2 Å². The van der Waals surface area contributed by atoms with Crippen LogP contribution in [0.2, 0.25) is 0 Å². The van der Waals surface area contributed by atoms with E-state index in [-0.39, 0.29) is 24.5 Å². The van der Waals surface area contributed by atoms with Crippen LogP contribution in [0.15, 0.2) is 29.6 Å². The van der Waals surface area contributed by atoms with Crippen molar-refractivity contribution < 1.29 is 22.7 Å². The molecule has 124 valence electrons. The number of alkyl halides is 3. The highest BCUT2D eigenvalue weighted by atomic mass is 32.1. The lowest BCUT2D eigenvalue weighted by Crippen LogP contribution is -2.23. The number of thiazole rings is 1. The van der Waals surface area contributed by atoms with E-state index in [2.05, 4.69) is 15.0 Å². The summed E-state index contributed by atoms with van der Waals surface area (Å²) in [7, 11) is 0. The van der Waals surface area contributed by atoms with Gasteiger partial charge in [0, 0.05) is 11.8 Å². The molecular weight excluding hydrogens is 329 g/mol. The fraction of sp³-hybridized carbons (Fsp3) is 0.333. The van der Waals surface area contributed by atoms with Gasteiger partial charge in [0.2, 0.25) is 5.91 Å². The van der Waals surface area contributed by atoms with E-state index >= 15 is 0 Å². The Bertz CT molecular complexity index is 671. The van der Waals surface area contributed by atoms with Crippen LogP contribution in [0.4, 0.5) is 13.2 Å². The molecule has 8 heteroatoms. The van der Waals surface area contributed by atoms with Crippen LogP contribution in [0.25, 0.3) is 0 Å². The van der Waals surface area contributed by atoms with Crippen molar-refractivity contribution >= 4 is 17.2 Å². The number of hydrogen-bond acceptors (Lipinski definition) is 4. The summed E-state index contributed by atoms with van der Waals surface area (Å²) >= 11 is 1.49. The number of hydrogen-bond donors (Lipinski definition) is 1. The number of nitrogens with zero attached hydrogens (tertiary/aromatic N) is 1. The molecule has 0 fully saturated rings. The third-order valence-electron chi connectivity index (χ3n) is 2.95. The van der Waals surface area contributed by atoms with Crippen LogP contribution >= 0.6 is 11.3 Å². The molecule has 0 spiro atoms. The van der Waals surface area contributed by atoms with Gasteiger partial charge in [-0.2, -0.15) is 0 Å². The van der Waals surface area contributed by atoms with Crippen molar-refractivity contribution in [1.29, 1.82) is 0 Å². The lowest BCUT2D eigenvalue weighted by Gasteiger charge is -2.13. The topological polar surface area (TPSA) is 51.2 Å². The lowest BCUT2D eigenvalue weighted by atomic mass is 10.1. The van der Waals surface area contributed by atoms with Crippen molar-refractivity contribution in [3.63, 3.8) is 0 Å². The minimum Gasteiger partial charge on any atom is -0.406 e. The van der Waals surface area contributed by atoms with Crippen molar-refractivity contribution in [2.45, 2.75) is 32.7 Å². The third-order valence-corrected chi connectivity index (χ3v) is 3.78. The number of carbonyl (C=O) groups excluding carboxylic acids is 1. The molecule has 2 rings (SSSR count). The van der Waals surface area contributed by atoms with Gasteiger partial charge in [-0.15, -0.1) is 24.5 Å². The predicted molar refractivity (Wildman–Crippen MR) is 80.1 cm³/mol. The van der Waals surface area contributed by atoms with E-state index in [0.717, 1.165) is 10.7 Å². The molecule has 0 aliphatic rings. The molecule has 0 saturated carbocycles. The van der Waals surface area contributed by atoms with Crippen LogP contribution in [0, 0.1) is 6.92 Å². The number of rotatable bonds is 6. The molecule has 0 radical (unpaired) electrons. The molecule has 0 aliphatic heterocycles. The van der Waals surface area contributed by atoms with Crippen molar-refractivity contribution in [3.05, 3.63) is 45.9 Å². The van der Waals surface area contributed by atoms with Gasteiger partial charge in [-0.3, -0.25) is 4.79 Å². The molecule has 2 aromatic rings. The summed E-state index contributed by atoms with van der Waals surface area (Å²) in [4.78, 5) is 16.0. The first-order chi connectivity index (χ1) is 10.8. The first-order valence-electron chi connectivity index (χ1n) is 6.85. The summed E-state index contributed by atoms with van der Waals surface area (Å²) in [5.74, 6) is -0.527. The minimum absolute atomic E-state index is 0.0708. The Morgan fingerprint density at radius 3 is 2.74 bits per heavy atom. The summed E-state index contributed by atoms with van der Waals surface area (Å²) in [6.45, 7) is 2.18. The van der Waals surface area contributed by atoms with E-state index in [1.165, 1.54) is 29.5 Å². The van der Waals surface area contributed by atoms with Gasteiger partial charge < -0.3 is 10.1 Å². The summed E-state index contributed by atoms with van der Waals surface area (Å²) in [6.07, 6.45) is -4.52. The van der Waals surface area contributed by atoms with E-state index in [4.69, 9.17) is 0 Å². The van der Waals surface area contributed by atoms with Gasteiger partial charge in [0.1, 0.15) is 5.75 Å². The zero-order valence-electron chi connectivity index (χ0n) is 12.3. The number of ether oxygens (including phenoxy) is 1. The standard InChI is InChI=1S/C15H15F3N2O2S/c1-10-20-12(9-23-10)8-19-14(21)7-6-11-4-2-3-5-13(11)22-15(16,17)18/h2-5,9H,6-8H2,1H3,(H,19,21). The number of nitrogens with one attached hydrogen (secondary N) is 1. The summed E-state index contributed by atoms with van der Waals surface area (Å²) in [5.41, 5.74) is 1.10. The van der Waals surface area contributed by atoms with Crippen molar-refractivity contribution in [1.82, 2.24) is 10.3 Å². The Morgan fingerprint density at radius 2 is 2.09 bits per heavy atom. The molecule has 23 heavy (non-hydrogen) atoms. The van der Waals surface area contributed by atoms with Gasteiger partial charge >= 0.3 is 6.36 Å². The Kier molecular flexibility index (Phi) is 5.59. The van der Waals surface area contributed by atoms with E-state index in [0.29, 0.717) is 12.1 Å². The molecule has 0 atom stereocenters. The zero-order chi connectivity index (χ0) is 16.9. The van der Waals surface area contributed by atoms with E-state index in [1.807, 2.05) is 12.3 Å². The van der Waals surface area contributed by atoms with E-state index < -0.39 is 6.36 Å². The van der Waals surface area contributed by atoms with Crippen LogP contribution in [-0.2, 0) is 17.8 Å². The van der Waals surface area contributed by atoms with Crippen LogP contribution < -0.4 is 10.1 Å². The molecule has 0 aliphatic carbocycles. The third kappa shape index (κ3) is 5.90. The maximum absolute atomic E-state index is 12.3. The van der Waals surface area contributed by atoms with Gasteiger partial charge in [0.15, 0.2) is 0 Å². The maximum Gasteiger partial charge on any atom is 0.573 e. The van der Waals surface area contributed by atoms with E-state index in [9.17, 15) is 18.0 Å². The monoisotopic (exact) mass is 344 g/mol. The zero-order valence-corrected chi connectivity index (χ0v) is 13.1. The second-order valence-electron chi connectivity index (χ2n) is 4.79. The number of para-hydroxylation sites is 1. The fourth-order valence-corrected chi connectivity index (χ4v) is 2.56. The molecule has 0 saturated heterocycles. The number of carbonyl (C=O) groups is 1. The van der Waals surface area contributed by atoms with Crippen LogP contribution in [0.1, 0.15) is 22.7 Å². The van der Waals surface area contributed by atoms with Crippen molar-refractivity contribution in [3.8, 4) is 5.75 Å². The maximum atomic E-state index is 12.3. The molecule has 1 aromatic heterocycles. The average molecular weight is 344 g/mol. The Balaban J connectivity index is 1.86. The van der Waals surface area contributed by atoms with Gasteiger partial charge in [0.25, 0.3) is 0 Å². The van der Waals surface area contributed by atoms with Gasteiger partial charge in [-0.25, -0.2) is 4.98 Å². The summed E-state index contributed by atoms with van der Waals surface area (Å²) in [5, 5.41) is 5.45. The minimum atomic E-state index is -4.75. The number of aryl methyl sites for hydroxylation is 2. The largest absolute Gasteiger partial charge is 0.573 e. The fourth-order valence-electron chi connectivity index (χ4n) is 1.95. The molecule has 1 heterocycles. The molecule has 0 unspecified atom stereocenters. The lowest BCUT2D eigenvalue weighted by molar-refractivity contribution is -0.274. The number of amides is 1. The molecular formula is C15H15F3N2O2S. The quantitative estimate of drug-likeness (QED) is 0.871. The number of halogens is 3. The first kappa shape index (κ1) is 17.3. The summed E-state index contributed by atoms with van der Waals surface area (Å²) < 4.78 is 40.9. The smallest absolute Gasteiger partial charge is 0.406 e. The van der Waals surface area contributed by atoms with Crippen LogP contribution in [0.5, 0.6) is 5.75 Å². The predicted octanol–water partition coefficient (Wildman–Crippen LogP) is 3.60. The highest BCUT2D eigenvalue weighted by Crippen LogP contribution is 2.26. The van der Waals surface area contributed by atoms with E-state index in [1.54, 1.807) is 6.07 Å². The van der Waals surface area contributed by atoms with Crippen LogP contribution in [-0.4, -0.2) is 17.3 Å². The molecule has 1 aromatic carbocycles. The molecule has 0 bridgehead atoms. The Labute approximate surface area is 135 Å². The van der Waals surface area contributed by atoms with Crippen molar-refractivity contribution in [2.24, 2.45) is 0 Å². The molecule has 4 nitrogen and oxygen atoms in total. The molecule has 1 N–H and O–H groups in total. The number of aromatic nitrogens is 1. The Morgan fingerprint density at radius 1 is 1.35 bits per heavy atom. The average Bonchev–Trinajstić information content (AvgIpc) is 2.88. The first-order valence-corrected chi connectivity index (χ1v) is 7.73. The Hall–Kier alpha value is -2.09. The SMILES string of the molecule is Cc1nc(CNC(=O)CCc2ccccc2OC(F)(F)F)cs1. The van der Waals surface area contributed by atoms with Crippen molar-refractivity contribution in [2.75, 3.05) is 0 Å². The molecule has 1 amide bonds. The second kappa shape index (κ2) is 7.45. The second-order valence-corrected chi connectivity index (χ2v) is 5.85. The highest BCUT2D eigenvalue weighted by Gasteiger charge is 2.31. The van der Waals surface area contributed by atoms with Gasteiger partial charge in [0.05, 0.1) is 17.2 Å². The number of benzene rings is 1.